The normalized spacial score (nSPS) is 18.1. The number of ether oxygens (including phenoxy) is 2. The van der Waals surface area contributed by atoms with Crippen LogP contribution in [0.1, 0.15) is 17.5 Å². The third-order valence-corrected chi connectivity index (χ3v) is 3.59. The Morgan fingerprint density at radius 3 is 2.91 bits per heavy atom. The molecule has 1 aromatic rings. The van der Waals surface area contributed by atoms with E-state index in [1.165, 1.54) is 0 Å². The van der Waals surface area contributed by atoms with E-state index >= 15 is 0 Å². The van der Waals surface area contributed by atoms with Crippen LogP contribution in [0, 0.1) is 13.8 Å². The third kappa shape index (κ3) is 4.46. The molecule has 1 aliphatic rings. The Balaban J connectivity index is 1.89. The summed E-state index contributed by atoms with van der Waals surface area (Å²) in [5.41, 5.74) is 2.05. The van der Waals surface area contributed by atoms with Gasteiger partial charge >= 0.3 is 5.97 Å². The van der Waals surface area contributed by atoms with Crippen molar-refractivity contribution in [3.05, 3.63) is 29.3 Å². The van der Waals surface area contributed by atoms with Crippen LogP contribution in [0.3, 0.4) is 0 Å². The van der Waals surface area contributed by atoms with Gasteiger partial charge in [0.25, 0.3) is 5.91 Å². The van der Waals surface area contributed by atoms with Crippen molar-refractivity contribution in [1.82, 2.24) is 4.90 Å². The summed E-state index contributed by atoms with van der Waals surface area (Å²) in [6.07, 6.45) is -0.544. The number of rotatable bonds is 5. The topological polar surface area (TPSA) is 76.1 Å². The second kappa shape index (κ2) is 7.26. The van der Waals surface area contributed by atoms with Gasteiger partial charge in [-0.3, -0.25) is 9.59 Å². The zero-order valence-corrected chi connectivity index (χ0v) is 12.9. The zero-order valence-electron chi connectivity index (χ0n) is 12.9. The molecule has 22 heavy (non-hydrogen) atoms. The third-order valence-electron chi connectivity index (χ3n) is 3.59. The van der Waals surface area contributed by atoms with Crippen LogP contribution in [-0.2, 0) is 14.3 Å². The lowest BCUT2D eigenvalue weighted by Crippen LogP contribution is -2.47. The van der Waals surface area contributed by atoms with Gasteiger partial charge in [0.1, 0.15) is 5.75 Å². The molecule has 1 N–H and O–H groups in total. The molecular weight excluding hydrogens is 286 g/mol. The quantitative estimate of drug-likeness (QED) is 0.889. The summed E-state index contributed by atoms with van der Waals surface area (Å²) in [6, 6.07) is 5.84. The SMILES string of the molecule is Cc1ccc(C)c(OCC(=O)N2CCOC(CC(=O)O)C2)c1. The molecule has 1 aromatic carbocycles. The van der Waals surface area contributed by atoms with E-state index in [1.807, 2.05) is 32.0 Å². The summed E-state index contributed by atoms with van der Waals surface area (Å²) in [5, 5.41) is 8.79. The summed E-state index contributed by atoms with van der Waals surface area (Å²) in [6.45, 7) is 4.95. The second-order valence-electron chi connectivity index (χ2n) is 5.49. The number of carbonyl (C=O) groups is 2. The lowest BCUT2D eigenvalue weighted by Gasteiger charge is -2.32. The van der Waals surface area contributed by atoms with Crippen molar-refractivity contribution in [2.24, 2.45) is 0 Å². The number of carbonyl (C=O) groups excluding carboxylic acids is 1. The molecule has 6 nitrogen and oxygen atoms in total. The number of carboxylic acids is 1. The van der Waals surface area contributed by atoms with Crippen LogP contribution in [0.5, 0.6) is 5.75 Å². The first-order chi connectivity index (χ1) is 10.5. The Morgan fingerprint density at radius 1 is 1.41 bits per heavy atom. The van der Waals surface area contributed by atoms with Crippen LogP contribution in [0.25, 0.3) is 0 Å². The Morgan fingerprint density at radius 2 is 2.18 bits per heavy atom. The van der Waals surface area contributed by atoms with Gasteiger partial charge in [-0.2, -0.15) is 0 Å². The number of aliphatic carboxylic acids is 1. The summed E-state index contributed by atoms with van der Waals surface area (Å²) in [4.78, 5) is 24.5. The van der Waals surface area contributed by atoms with Gasteiger partial charge in [-0.15, -0.1) is 0 Å². The molecule has 1 saturated heterocycles. The Hall–Kier alpha value is -2.08. The minimum atomic E-state index is -0.925. The van der Waals surface area contributed by atoms with E-state index in [0.717, 1.165) is 11.1 Å². The number of hydrogen-bond donors (Lipinski definition) is 1. The Bertz CT molecular complexity index is 557. The van der Waals surface area contributed by atoms with E-state index in [2.05, 4.69) is 0 Å². The van der Waals surface area contributed by atoms with E-state index in [9.17, 15) is 9.59 Å². The van der Waals surface area contributed by atoms with Gasteiger partial charge in [0.2, 0.25) is 0 Å². The van der Waals surface area contributed by atoms with E-state index in [-0.39, 0.29) is 18.9 Å². The molecule has 1 heterocycles. The monoisotopic (exact) mass is 307 g/mol. The highest BCUT2D eigenvalue weighted by Gasteiger charge is 2.26. The highest BCUT2D eigenvalue weighted by Crippen LogP contribution is 2.19. The fourth-order valence-corrected chi connectivity index (χ4v) is 2.36. The number of aryl methyl sites for hydroxylation is 2. The zero-order chi connectivity index (χ0) is 16.1. The molecule has 2 rings (SSSR count). The summed E-state index contributed by atoms with van der Waals surface area (Å²) in [7, 11) is 0. The number of benzene rings is 1. The molecular formula is C16H21NO5. The predicted molar refractivity (Wildman–Crippen MR) is 80.0 cm³/mol. The molecule has 0 aliphatic carbocycles. The molecule has 0 bridgehead atoms. The van der Waals surface area contributed by atoms with Crippen molar-refractivity contribution in [2.45, 2.75) is 26.4 Å². The van der Waals surface area contributed by atoms with Crippen LogP contribution in [0.4, 0.5) is 0 Å². The van der Waals surface area contributed by atoms with Crippen molar-refractivity contribution >= 4 is 11.9 Å². The van der Waals surface area contributed by atoms with Crippen molar-refractivity contribution in [3.63, 3.8) is 0 Å². The smallest absolute Gasteiger partial charge is 0.306 e. The van der Waals surface area contributed by atoms with Crippen LogP contribution in [0.2, 0.25) is 0 Å². The molecule has 120 valence electrons. The summed E-state index contributed by atoms with van der Waals surface area (Å²) in [5.74, 6) is -0.380. The summed E-state index contributed by atoms with van der Waals surface area (Å²) >= 11 is 0. The molecule has 0 spiro atoms. The van der Waals surface area contributed by atoms with E-state index in [1.54, 1.807) is 4.90 Å². The highest BCUT2D eigenvalue weighted by molar-refractivity contribution is 5.78. The van der Waals surface area contributed by atoms with Crippen LogP contribution in [0.15, 0.2) is 18.2 Å². The van der Waals surface area contributed by atoms with Gasteiger partial charge in [-0.25, -0.2) is 0 Å². The van der Waals surface area contributed by atoms with Gasteiger partial charge in [0.05, 0.1) is 19.1 Å². The van der Waals surface area contributed by atoms with E-state index < -0.39 is 12.1 Å². The maximum absolute atomic E-state index is 12.2. The molecule has 0 saturated carbocycles. The first-order valence-electron chi connectivity index (χ1n) is 7.27. The number of amides is 1. The van der Waals surface area contributed by atoms with Gasteiger partial charge in [0, 0.05) is 13.1 Å². The maximum Gasteiger partial charge on any atom is 0.306 e. The number of hydrogen-bond acceptors (Lipinski definition) is 4. The minimum Gasteiger partial charge on any atom is -0.483 e. The molecule has 0 aromatic heterocycles. The lowest BCUT2D eigenvalue weighted by atomic mass is 10.1. The maximum atomic E-state index is 12.2. The molecule has 1 unspecified atom stereocenters. The predicted octanol–water partition coefficient (Wildman–Crippen LogP) is 1.38. The van der Waals surface area contributed by atoms with Crippen molar-refractivity contribution in [2.75, 3.05) is 26.3 Å². The van der Waals surface area contributed by atoms with Crippen LogP contribution >= 0.6 is 0 Å². The molecule has 0 radical (unpaired) electrons. The lowest BCUT2D eigenvalue weighted by molar-refractivity contribution is -0.148. The van der Waals surface area contributed by atoms with E-state index in [4.69, 9.17) is 14.6 Å². The largest absolute Gasteiger partial charge is 0.483 e. The van der Waals surface area contributed by atoms with Gasteiger partial charge in [-0.1, -0.05) is 12.1 Å². The molecule has 1 atom stereocenters. The van der Waals surface area contributed by atoms with Gasteiger partial charge in [-0.05, 0) is 31.0 Å². The Labute approximate surface area is 129 Å². The highest BCUT2D eigenvalue weighted by atomic mass is 16.5. The summed E-state index contributed by atoms with van der Waals surface area (Å²) < 4.78 is 11.0. The van der Waals surface area contributed by atoms with Gasteiger partial charge < -0.3 is 19.5 Å². The Kier molecular flexibility index (Phi) is 5.38. The number of carboxylic acid groups (broad SMARTS) is 1. The molecule has 1 amide bonds. The fraction of sp³-hybridized carbons (Fsp3) is 0.500. The van der Waals surface area contributed by atoms with Gasteiger partial charge in [0.15, 0.2) is 6.61 Å². The van der Waals surface area contributed by atoms with Crippen molar-refractivity contribution < 1.29 is 24.2 Å². The first kappa shape index (κ1) is 16.3. The minimum absolute atomic E-state index is 0.0515. The average molecular weight is 307 g/mol. The van der Waals surface area contributed by atoms with Crippen molar-refractivity contribution in [1.29, 1.82) is 0 Å². The standard InChI is InChI=1S/C16H21NO5/c1-11-3-4-12(2)14(7-11)22-10-15(18)17-5-6-21-13(9-17)8-16(19)20/h3-4,7,13H,5-6,8-10H2,1-2H3,(H,19,20). The van der Waals surface area contributed by atoms with E-state index in [0.29, 0.717) is 25.4 Å². The molecule has 1 fully saturated rings. The number of morpholine rings is 1. The first-order valence-corrected chi connectivity index (χ1v) is 7.27. The fourth-order valence-electron chi connectivity index (χ4n) is 2.36. The molecule has 6 heteroatoms. The average Bonchev–Trinajstić information content (AvgIpc) is 2.47. The van der Waals surface area contributed by atoms with Crippen molar-refractivity contribution in [3.8, 4) is 5.75 Å². The second-order valence-corrected chi connectivity index (χ2v) is 5.49. The van der Waals surface area contributed by atoms with Crippen LogP contribution in [-0.4, -0.2) is 54.3 Å². The van der Waals surface area contributed by atoms with Crippen LogP contribution < -0.4 is 4.74 Å². The number of nitrogens with zero attached hydrogens (tertiary/aromatic N) is 1. The molecule has 1 aliphatic heterocycles.